The Morgan fingerprint density at radius 3 is 2.36 bits per heavy atom. The maximum Gasteiger partial charge on any atom is 0.256 e. The van der Waals surface area contributed by atoms with Crippen molar-refractivity contribution < 1.29 is 0 Å². The molecule has 1 N–H and O–H groups in total. The van der Waals surface area contributed by atoms with E-state index in [1.165, 1.54) is 4.70 Å². The Morgan fingerprint density at radius 2 is 1.45 bits per heavy atom. The van der Waals surface area contributed by atoms with Crippen LogP contribution in [-0.4, -0.2) is 4.98 Å². The molecule has 2 nitrogen and oxygen atoms in total. The number of hydrogen-bond acceptors (Lipinski definition) is 2. The molecule has 0 saturated carbocycles. The van der Waals surface area contributed by atoms with Gasteiger partial charge in [0.05, 0.1) is 5.39 Å². The normalized spacial score (nSPS) is 11.8. The van der Waals surface area contributed by atoms with E-state index in [9.17, 15) is 4.79 Å². The molecule has 0 aliphatic rings. The lowest BCUT2D eigenvalue weighted by Crippen LogP contribution is -2.06. The van der Waals surface area contributed by atoms with Crippen LogP contribution in [-0.2, 0) is 0 Å². The van der Waals surface area contributed by atoms with Gasteiger partial charge in [0.15, 0.2) is 0 Å². The number of pyridine rings is 1. The molecule has 3 heteroatoms. The van der Waals surface area contributed by atoms with E-state index in [-0.39, 0.29) is 5.56 Å². The van der Waals surface area contributed by atoms with Gasteiger partial charge in [0.1, 0.15) is 0 Å². The van der Waals surface area contributed by atoms with E-state index in [4.69, 9.17) is 0 Å². The molecule has 0 saturated heterocycles. The van der Waals surface area contributed by atoms with E-state index < -0.39 is 0 Å². The van der Waals surface area contributed by atoms with Crippen LogP contribution >= 0.6 is 11.3 Å². The molecule has 3 aromatic carbocycles. The first kappa shape index (κ1) is 12.0. The third-order valence-corrected chi connectivity index (χ3v) is 5.37. The number of nitrogens with one attached hydrogen (secondary N) is 1. The van der Waals surface area contributed by atoms with Crippen molar-refractivity contribution >= 4 is 53.2 Å². The zero-order valence-corrected chi connectivity index (χ0v) is 12.4. The molecule has 0 fully saturated rings. The molecular formula is C19H11NOS. The lowest BCUT2D eigenvalue weighted by molar-refractivity contribution is 1.35. The fourth-order valence-corrected chi connectivity index (χ4v) is 4.40. The summed E-state index contributed by atoms with van der Waals surface area (Å²) >= 11 is 1.74. The molecule has 0 spiro atoms. The fourth-order valence-electron chi connectivity index (χ4n) is 3.29. The van der Waals surface area contributed by atoms with E-state index in [2.05, 4.69) is 35.3 Å². The van der Waals surface area contributed by atoms with Gasteiger partial charge in [0.2, 0.25) is 0 Å². The summed E-state index contributed by atoms with van der Waals surface area (Å²) in [7, 11) is 0. The number of H-pyrrole nitrogens is 1. The summed E-state index contributed by atoms with van der Waals surface area (Å²) in [5.74, 6) is 0. The van der Waals surface area contributed by atoms with Crippen LogP contribution in [0.15, 0.2) is 65.5 Å². The van der Waals surface area contributed by atoms with Gasteiger partial charge in [-0.2, -0.15) is 0 Å². The van der Waals surface area contributed by atoms with Gasteiger partial charge in [0.25, 0.3) is 5.56 Å². The van der Waals surface area contributed by atoms with Crippen molar-refractivity contribution in [2.75, 3.05) is 0 Å². The van der Waals surface area contributed by atoms with Gasteiger partial charge in [-0.15, -0.1) is 11.3 Å². The first-order chi connectivity index (χ1) is 10.8. The van der Waals surface area contributed by atoms with Crippen molar-refractivity contribution in [2.45, 2.75) is 0 Å². The molecule has 0 unspecified atom stereocenters. The van der Waals surface area contributed by atoms with Crippen LogP contribution in [0.3, 0.4) is 0 Å². The molecular weight excluding hydrogens is 290 g/mol. The van der Waals surface area contributed by atoms with Gasteiger partial charge >= 0.3 is 0 Å². The molecule has 0 radical (unpaired) electrons. The monoisotopic (exact) mass is 301 g/mol. The minimum Gasteiger partial charge on any atom is -0.321 e. The number of para-hydroxylation sites is 1. The van der Waals surface area contributed by atoms with Crippen molar-refractivity contribution in [3.05, 3.63) is 71.0 Å². The van der Waals surface area contributed by atoms with Crippen LogP contribution in [0.1, 0.15) is 0 Å². The highest BCUT2D eigenvalue weighted by atomic mass is 32.1. The predicted octanol–water partition coefficient (Wildman–Crippen LogP) is 5.05. The molecule has 0 aliphatic carbocycles. The van der Waals surface area contributed by atoms with Gasteiger partial charge in [-0.05, 0) is 23.6 Å². The fraction of sp³-hybridized carbons (Fsp3) is 0. The first-order valence-corrected chi connectivity index (χ1v) is 7.99. The maximum atomic E-state index is 12.7. The number of fused-ring (bicyclic) bond motifs is 7. The van der Waals surface area contributed by atoms with E-state index in [1.54, 1.807) is 11.3 Å². The number of benzene rings is 3. The highest BCUT2D eigenvalue weighted by Gasteiger charge is 2.13. The molecule has 5 aromatic rings. The number of hydrogen-bond donors (Lipinski definition) is 1. The molecule has 0 bridgehead atoms. The van der Waals surface area contributed by atoms with Crippen LogP contribution in [0, 0.1) is 0 Å². The molecule has 0 atom stereocenters. The van der Waals surface area contributed by atoms with Crippen LogP contribution in [0.4, 0.5) is 0 Å². The van der Waals surface area contributed by atoms with Crippen LogP contribution in [0.2, 0.25) is 0 Å². The average Bonchev–Trinajstić information content (AvgIpc) is 2.93. The van der Waals surface area contributed by atoms with E-state index >= 15 is 0 Å². The van der Waals surface area contributed by atoms with Crippen molar-refractivity contribution in [3.63, 3.8) is 0 Å². The van der Waals surface area contributed by atoms with Crippen LogP contribution < -0.4 is 5.56 Å². The Balaban J connectivity index is 2.18. The SMILES string of the molecule is O=c1[nH]c2ccccc2c2ccc3sc4ccccc4c3c12. The van der Waals surface area contributed by atoms with Gasteiger partial charge < -0.3 is 4.98 Å². The number of thiophene rings is 1. The van der Waals surface area contributed by atoms with E-state index in [0.29, 0.717) is 0 Å². The van der Waals surface area contributed by atoms with Gasteiger partial charge in [-0.25, -0.2) is 0 Å². The number of rotatable bonds is 0. The molecule has 0 amide bonds. The Kier molecular flexibility index (Phi) is 2.27. The lowest BCUT2D eigenvalue weighted by Gasteiger charge is -2.05. The average molecular weight is 301 g/mol. The minimum atomic E-state index is -0.0112. The molecule has 2 aromatic heterocycles. The van der Waals surface area contributed by atoms with Crippen molar-refractivity contribution in [1.29, 1.82) is 0 Å². The Labute approximate surface area is 129 Å². The Hall–Kier alpha value is -2.65. The van der Waals surface area contributed by atoms with Crippen molar-refractivity contribution in [2.24, 2.45) is 0 Å². The van der Waals surface area contributed by atoms with Gasteiger partial charge in [-0.3, -0.25) is 4.79 Å². The predicted molar refractivity (Wildman–Crippen MR) is 95.0 cm³/mol. The Bertz CT molecular complexity index is 1250. The second-order valence-corrected chi connectivity index (χ2v) is 6.54. The second kappa shape index (κ2) is 4.18. The third-order valence-electron chi connectivity index (χ3n) is 4.24. The van der Waals surface area contributed by atoms with E-state index in [1.807, 2.05) is 30.3 Å². The first-order valence-electron chi connectivity index (χ1n) is 7.18. The summed E-state index contributed by atoms with van der Waals surface area (Å²) in [5.41, 5.74) is 0.877. The standard InChI is InChI=1S/C19H11NOS/c21-19-18-12(11-5-1-3-7-14(11)20-19)9-10-16-17(18)13-6-2-4-8-15(13)22-16/h1-10H,(H,20,21). The quantitative estimate of drug-likeness (QED) is 0.399. The maximum absolute atomic E-state index is 12.7. The Morgan fingerprint density at radius 1 is 0.682 bits per heavy atom. The molecule has 5 rings (SSSR count). The lowest BCUT2D eigenvalue weighted by atomic mass is 10.0. The van der Waals surface area contributed by atoms with E-state index in [0.717, 1.165) is 37.1 Å². The highest BCUT2D eigenvalue weighted by Crippen LogP contribution is 2.38. The summed E-state index contributed by atoms with van der Waals surface area (Å²) in [6.07, 6.45) is 0. The van der Waals surface area contributed by atoms with Crippen molar-refractivity contribution in [1.82, 2.24) is 4.98 Å². The summed E-state index contributed by atoms with van der Waals surface area (Å²) in [5, 5.41) is 5.15. The topological polar surface area (TPSA) is 32.9 Å². The van der Waals surface area contributed by atoms with Gasteiger partial charge in [-0.1, -0.05) is 42.5 Å². The summed E-state index contributed by atoms with van der Waals surface area (Å²) in [6.45, 7) is 0. The summed E-state index contributed by atoms with van der Waals surface area (Å²) in [6, 6.07) is 20.5. The minimum absolute atomic E-state index is 0.0112. The smallest absolute Gasteiger partial charge is 0.256 e. The third kappa shape index (κ3) is 1.46. The number of aromatic amines is 1. The largest absolute Gasteiger partial charge is 0.321 e. The van der Waals surface area contributed by atoms with Gasteiger partial charge in [0, 0.05) is 31.1 Å². The van der Waals surface area contributed by atoms with Crippen LogP contribution in [0.5, 0.6) is 0 Å². The number of aromatic nitrogens is 1. The highest BCUT2D eigenvalue weighted by molar-refractivity contribution is 7.26. The molecule has 0 aliphatic heterocycles. The zero-order chi connectivity index (χ0) is 14.7. The van der Waals surface area contributed by atoms with Crippen LogP contribution in [0.25, 0.3) is 41.8 Å². The summed E-state index contributed by atoms with van der Waals surface area (Å²) in [4.78, 5) is 15.7. The van der Waals surface area contributed by atoms with Crippen molar-refractivity contribution in [3.8, 4) is 0 Å². The molecule has 22 heavy (non-hydrogen) atoms. The second-order valence-electron chi connectivity index (χ2n) is 5.46. The summed E-state index contributed by atoms with van der Waals surface area (Å²) < 4.78 is 2.38. The zero-order valence-electron chi connectivity index (χ0n) is 11.6. The molecule has 104 valence electrons. The molecule has 2 heterocycles.